The summed E-state index contributed by atoms with van der Waals surface area (Å²) in [5.41, 5.74) is 1.00. The summed E-state index contributed by atoms with van der Waals surface area (Å²) in [5, 5.41) is 15.7. The topological polar surface area (TPSA) is 92.4 Å². The predicted octanol–water partition coefficient (Wildman–Crippen LogP) is 1.64. The van der Waals surface area contributed by atoms with Gasteiger partial charge in [0.25, 0.3) is 0 Å². The summed E-state index contributed by atoms with van der Waals surface area (Å²) in [5.74, 6) is 0.398. The molecule has 1 fully saturated rings. The van der Waals surface area contributed by atoms with E-state index in [9.17, 15) is 8.42 Å². The summed E-state index contributed by atoms with van der Waals surface area (Å²) in [6.07, 6.45) is 0. The summed E-state index contributed by atoms with van der Waals surface area (Å²) >= 11 is 1.65. The molecule has 0 atom stereocenters. The highest BCUT2D eigenvalue weighted by atomic mass is 32.2. The average Bonchev–Trinajstić information content (AvgIpc) is 3.05. The van der Waals surface area contributed by atoms with Gasteiger partial charge in [-0.15, -0.1) is 10.2 Å². The van der Waals surface area contributed by atoms with Gasteiger partial charge in [0.05, 0.1) is 4.90 Å². The second-order valence-electron chi connectivity index (χ2n) is 6.09. The molecule has 2 aromatic rings. The number of primary sulfonamides is 1. The van der Waals surface area contributed by atoms with Crippen LogP contribution in [-0.2, 0) is 10.0 Å². The van der Waals surface area contributed by atoms with Crippen LogP contribution in [0.2, 0.25) is 0 Å². The zero-order chi connectivity index (χ0) is 17.3. The normalized spacial score (nSPS) is 16.0. The largest absolute Gasteiger partial charge is 0.368 e. The van der Waals surface area contributed by atoms with E-state index in [-0.39, 0.29) is 4.90 Å². The van der Waals surface area contributed by atoms with Crippen LogP contribution in [0.25, 0.3) is 0 Å². The number of benzene rings is 1. The highest BCUT2D eigenvalue weighted by molar-refractivity contribution is 7.89. The van der Waals surface area contributed by atoms with E-state index in [1.165, 1.54) is 0 Å². The van der Waals surface area contributed by atoms with Gasteiger partial charge in [-0.25, -0.2) is 13.6 Å². The molecule has 9 heteroatoms. The van der Waals surface area contributed by atoms with Gasteiger partial charge in [0.15, 0.2) is 0 Å². The Labute approximate surface area is 146 Å². The summed E-state index contributed by atoms with van der Waals surface area (Å²) in [6, 6.07) is 6.71. The third-order valence-corrected chi connectivity index (χ3v) is 6.22. The number of aromatic nitrogens is 2. The van der Waals surface area contributed by atoms with Crippen molar-refractivity contribution in [3.63, 3.8) is 0 Å². The number of nitrogens with zero attached hydrogens (tertiary/aromatic N) is 4. The Bertz CT molecular complexity index is 794. The van der Waals surface area contributed by atoms with E-state index in [4.69, 9.17) is 5.14 Å². The number of anilines is 2. The maximum atomic E-state index is 11.3. The Kier molecular flexibility index (Phi) is 4.75. The van der Waals surface area contributed by atoms with Crippen molar-refractivity contribution >= 4 is 32.2 Å². The molecule has 0 aliphatic carbocycles. The summed E-state index contributed by atoms with van der Waals surface area (Å²) in [4.78, 5) is 4.62. The molecule has 0 radical (unpaired) electrons. The van der Waals surface area contributed by atoms with Crippen molar-refractivity contribution in [3.05, 3.63) is 29.3 Å². The number of hydrogen-bond acceptors (Lipinski definition) is 7. The summed E-state index contributed by atoms with van der Waals surface area (Å²) in [6.45, 7) is 7.67. The number of sulfonamides is 1. The first-order valence-corrected chi connectivity index (χ1v) is 10.2. The van der Waals surface area contributed by atoms with Gasteiger partial charge in [0.1, 0.15) is 5.01 Å². The SMILES string of the molecule is CC(C)c1nnc(N2CCN(c3ccc(S(N)(=O)=O)cc3)CC2)s1. The fourth-order valence-corrected chi connectivity index (χ4v) is 4.00. The van der Waals surface area contributed by atoms with Crippen LogP contribution in [0.1, 0.15) is 24.8 Å². The second-order valence-corrected chi connectivity index (χ2v) is 8.64. The summed E-state index contributed by atoms with van der Waals surface area (Å²) < 4.78 is 22.6. The van der Waals surface area contributed by atoms with Crippen LogP contribution in [0.5, 0.6) is 0 Å². The van der Waals surface area contributed by atoms with Crippen molar-refractivity contribution in [2.75, 3.05) is 36.0 Å². The van der Waals surface area contributed by atoms with Gasteiger partial charge < -0.3 is 9.80 Å². The molecule has 2 heterocycles. The number of rotatable bonds is 4. The first kappa shape index (κ1) is 17.1. The maximum Gasteiger partial charge on any atom is 0.238 e. The number of piperazine rings is 1. The molecule has 1 aromatic heterocycles. The molecule has 1 aliphatic heterocycles. The molecular weight excluding hydrogens is 346 g/mol. The van der Waals surface area contributed by atoms with E-state index in [0.717, 1.165) is 42.0 Å². The quantitative estimate of drug-likeness (QED) is 0.883. The van der Waals surface area contributed by atoms with Gasteiger partial charge >= 0.3 is 0 Å². The Morgan fingerprint density at radius 1 is 1.04 bits per heavy atom. The second kappa shape index (κ2) is 6.66. The molecule has 130 valence electrons. The van der Waals surface area contributed by atoms with E-state index in [0.29, 0.717) is 5.92 Å². The molecule has 24 heavy (non-hydrogen) atoms. The van der Waals surface area contributed by atoms with Crippen molar-refractivity contribution in [2.45, 2.75) is 24.7 Å². The van der Waals surface area contributed by atoms with Crippen LogP contribution >= 0.6 is 11.3 Å². The minimum Gasteiger partial charge on any atom is -0.368 e. The molecule has 0 unspecified atom stereocenters. The minimum absolute atomic E-state index is 0.139. The zero-order valence-electron chi connectivity index (χ0n) is 13.7. The fourth-order valence-electron chi connectivity index (χ4n) is 2.59. The van der Waals surface area contributed by atoms with Crippen molar-refractivity contribution in [2.24, 2.45) is 5.14 Å². The standard InChI is InChI=1S/C15H21N5O2S2/c1-11(2)14-17-18-15(23-14)20-9-7-19(8-10-20)12-3-5-13(6-4-12)24(16,21)22/h3-6,11H,7-10H2,1-2H3,(H2,16,21,22). The molecule has 0 bridgehead atoms. The van der Waals surface area contributed by atoms with Gasteiger partial charge in [0, 0.05) is 37.8 Å². The van der Waals surface area contributed by atoms with Gasteiger partial charge in [-0.05, 0) is 24.3 Å². The molecule has 1 saturated heterocycles. The maximum absolute atomic E-state index is 11.3. The van der Waals surface area contributed by atoms with E-state index in [1.807, 2.05) is 0 Å². The molecule has 7 nitrogen and oxygen atoms in total. The fraction of sp³-hybridized carbons (Fsp3) is 0.467. The van der Waals surface area contributed by atoms with Gasteiger partial charge in [-0.1, -0.05) is 25.2 Å². The first-order chi connectivity index (χ1) is 11.3. The van der Waals surface area contributed by atoms with Crippen LogP contribution in [0, 0.1) is 0 Å². The molecule has 1 aromatic carbocycles. The smallest absolute Gasteiger partial charge is 0.238 e. The van der Waals surface area contributed by atoms with Gasteiger partial charge in [-0.2, -0.15) is 0 Å². The lowest BCUT2D eigenvalue weighted by atomic mass is 10.2. The van der Waals surface area contributed by atoms with E-state index in [1.54, 1.807) is 35.6 Å². The van der Waals surface area contributed by atoms with Crippen LogP contribution in [-0.4, -0.2) is 44.8 Å². The van der Waals surface area contributed by atoms with Crippen molar-refractivity contribution in [1.82, 2.24) is 10.2 Å². The lowest BCUT2D eigenvalue weighted by Crippen LogP contribution is -2.46. The Morgan fingerprint density at radius 3 is 2.12 bits per heavy atom. The van der Waals surface area contributed by atoms with E-state index < -0.39 is 10.0 Å². The Hall–Kier alpha value is -1.71. The molecule has 0 spiro atoms. The van der Waals surface area contributed by atoms with Crippen molar-refractivity contribution in [1.29, 1.82) is 0 Å². The molecule has 1 aliphatic rings. The van der Waals surface area contributed by atoms with Crippen LogP contribution in [0.3, 0.4) is 0 Å². The number of hydrogen-bond donors (Lipinski definition) is 1. The lowest BCUT2D eigenvalue weighted by Gasteiger charge is -2.35. The average molecular weight is 368 g/mol. The molecular formula is C15H21N5O2S2. The first-order valence-electron chi connectivity index (χ1n) is 7.81. The molecule has 3 rings (SSSR count). The third kappa shape index (κ3) is 3.68. The third-order valence-electron chi connectivity index (χ3n) is 4.00. The summed E-state index contributed by atoms with van der Waals surface area (Å²) in [7, 11) is -3.64. The van der Waals surface area contributed by atoms with Crippen LogP contribution in [0.15, 0.2) is 29.2 Å². The lowest BCUT2D eigenvalue weighted by molar-refractivity contribution is 0.597. The van der Waals surface area contributed by atoms with E-state index in [2.05, 4.69) is 33.8 Å². The molecule has 0 saturated carbocycles. The number of nitrogens with two attached hydrogens (primary N) is 1. The Balaban J connectivity index is 1.64. The highest BCUT2D eigenvalue weighted by Gasteiger charge is 2.21. The van der Waals surface area contributed by atoms with Crippen LogP contribution in [0.4, 0.5) is 10.8 Å². The zero-order valence-corrected chi connectivity index (χ0v) is 15.3. The Morgan fingerprint density at radius 2 is 1.62 bits per heavy atom. The highest BCUT2D eigenvalue weighted by Crippen LogP contribution is 2.27. The minimum atomic E-state index is -3.64. The monoisotopic (exact) mass is 367 g/mol. The van der Waals surface area contributed by atoms with E-state index >= 15 is 0 Å². The van der Waals surface area contributed by atoms with Crippen LogP contribution < -0.4 is 14.9 Å². The molecule has 0 amide bonds. The van der Waals surface area contributed by atoms with Gasteiger partial charge in [-0.3, -0.25) is 0 Å². The van der Waals surface area contributed by atoms with Crippen molar-refractivity contribution < 1.29 is 8.42 Å². The van der Waals surface area contributed by atoms with Crippen molar-refractivity contribution in [3.8, 4) is 0 Å². The molecule has 2 N–H and O–H groups in total. The predicted molar refractivity (Wildman–Crippen MR) is 96.2 cm³/mol. The van der Waals surface area contributed by atoms with Gasteiger partial charge in [0.2, 0.25) is 15.2 Å².